The Labute approximate surface area is 141 Å². The van der Waals surface area contributed by atoms with E-state index in [0.29, 0.717) is 11.5 Å². The van der Waals surface area contributed by atoms with Gasteiger partial charge in [0.05, 0.1) is 18.5 Å². The number of aryl methyl sites for hydroxylation is 1. The van der Waals surface area contributed by atoms with Crippen molar-refractivity contribution >= 4 is 11.5 Å². The van der Waals surface area contributed by atoms with E-state index in [2.05, 4.69) is 23.2 Å². The first-order valence-corrected chi connectivity index (χ1v) is 8.00. The zero-order valence-corrected chi connectivity index (χ0v) is 13.5. The molecule has 0 radical (unpaired) electrons. The average Bonchev–Trinajstić information content (AvgIpc) is 2.63. The smallest absolute Gasteiger partial charge is 0.147 e. The van der Waals surface area contributed by atoms with Crippen LogP contribution in [0, 0.1) is 0 Å². The van der Waals surface area contributed by atoms with Crippen LogP contribution in [0.4, 0.5) is 11.5 Å². The molecule has 4 nitrogen and oxygen atoms in total. The van der Waals surface area contributed by atoms with Gasteiger partial charge in [0.15, 0.2) is 0 Å². The summed E-state index contributed by atoms with van der Waals surface area (Å²) >= 11 is 0. The number of nitrogens with zero attached hydrogens (tertiary/aromatic N) is 1. The molecule has 0 spiro atoms. The largest absolute Gasteiger partial charge is 0.496 e. The number of benzene rings is 2. The van der Waals surface area contributed by atoms with Crippen LogP contribution in [-0.2, 0) is 12.8 Å². The summed E-state index contributed by atoms with van der Waals surface area (Å²) in [5.41, 5.74) is 19.4. The Morgan fingerprint density at radius 3 is 2.42 bits per heavy atom. The van der Waals surface area contributed by atoms with E-state index >= 15 is 0 Å². The predicted octanol–water partition coefficient (Wildman–Crippen LogP) is 3.69. The van der Waals surface area contributed by atoms with Crippen LogP contribution in [0.2, 0.25) is 0 Å². The minimum Gasteiger partial charge on any atom is -0.496 e. The number of fused-ring (bicyclic) bond motifs is 3. The first-order valence-electron chi connectivity index (χ1n) is 8.00. The normalized spacial score (nSPS) is 12.4. The van der Waals surface area contributed by atoms with Crippen LogP contribution < -0.4 is 16.2 Å². The van der Waals surface area contributed by atoms with Crippen molar-refractivity contribution in [1.82, 2.24) is 4.98 Å². The Morgan fingerprint density at radius 1 is 0.917 bits per heavy atom. The summed E-state index contributed by atoms with van der Waals surface area (Å²) in [4.78, 5) is 4.61. The highest BCUT2D eigenvalue weighted by Gasteiger charge is 2.25. The summed E-state index contributed by atoms with van der Waals surface area (Å²) in [6.45, 7) is 0. The number of ether oxygens (including phenoxy) is 1. The number of hydrogen-bond donors (Lipinski definition) is 2. The molecule has 4 rings (SSSR count). The first-order chi connectivity index (χ1) is 11.7. The topological polar surface area (TPSA) is 74.2 Å². The second kappa shape index (κ2) is 5.57. The molecule has 0 amide bonds. The van der Waals surface area contributed by atoms with Gasteiger partial charge in [0, 0.05) is 16.7 Å². The van der Waals surface area contributed by atoms with Crippen molar-refractivity contribution in [2.24, 2.45) is 0 Å². The average molecular weight is 317 g/mol. The monoisotopic (exact) mass is 317 g/mol. The molecule has 1 aromatic heterocycles. The van der Waals surface area contributed by atoms with E-state index < -0.39 is 0 Å². The van der Waals surface area contributed by atoms with Gasteiger partial charge in [-0.2, -0.15) is 0 Å². The Morgan fingerprint density at radius 2 is 1.62 bits per heavy atom. The Hall–Kier alpha value is -3.01. The number of rotatable bonds is 2. The molecule has 0 bridgehead atoms. The van der Waals surface area contributed by atoms with Gasteiger partial charge < -0.3 is 16.2 Å². The van der Waals surface area contributed by atoms with E-state index in [1.807, 2.05) is 30.3 Å². The van der Waals surface area contributed by atoms with Gasteiger partial charge in [0.25, 0.3) is 0 Å². The minimum absolute atomic E-state index is 0.367. The van der Waals surface area contributed by atoms with E-state index in [0.717, 1.165) is 46.5 Å². The maximum Gasteiger partial charge on any atom is 0.147 e. The fourth-order valence-electron chi connectivity index (χ4n) is 3.51. The first kappa shape index (κ1) is 14.6. The third-order valence-electron chi connectivity index (χ3n) is 4.66. The molecule has 0 unspecified atom stereocenters. The summed E-state index contributed by atoms with van der Waals surface area (Å²) < 4.78 is 5.54. The standard InChI is InChI=1S/C20H19N3O/c1-24-16-9-5-4-8-14(16)17-15-11-10-12-6-2-3-7-13(12)19(15)23-20(22)18(17)21/h2-9H,10-11,21H2,1H3,(H2,22,23). The van der Waals surface area contributed by atoms with Crippen molar-refractivity contribution in [2.45, 2.75) is 12.8 Å². The van der Waals surface area contributed by atoms with Gasteiger partial charge in [0.1, 0.15) is 11.6 Å². The van der Waals surface area contributed by atoms with Gasteiger partial charge in [-0.25, -0.2) is 4.98 Å². The highest BCUT2D eigenvalue weighted by Crippen LogP contribution is 2.44. The third kappa shape index (κ3) is 2.11. The highest BCUT2D eigenvalue weighted by molar-refractivity contribution is 5.92. The van der Waals surface area contributed by atoms with Gasteiger partial charge >= 0.3 is 0 Å². The van der Waals surface area contributed by atoms with E-state index in [4.69, 9.17) is 16.2 Å². The molecule has 1 aliphatic rings. The lowest BCUT2D eigenvalue weighted by Gasteiger charge is -2.24. The third-order valence-corrected chi connectivity index (χ3v) is 4.66. The summed E-state index contributed by atoms with van der Waals surface area (Å²) in [5, 5.41) is 0. The van der Waals surface area contributed by atoms with Gasteiger partial charge in [-0.15, -0.1) is 0 Å². The molecule has 0 fully saturated rings. The number of methoxy groups -OCH3 is 1. The maximum absolute atomic E-state index is 6.34. The summed E-state index contributed by atoms with van der Waals surface area (Å²) in [6, 6.07) is 16.2. The van der Waals surface area contributed by atoms with Crippen LogP contribution in [0.1, 0.15) is 11.1 Å². The summed E-state index contributed by atoms with van der Waals surface area (Å²) in [6.07, 6.45) is 1.85. The zero-order chi connectivity index (χ0) is 16.7. The van der Waals surface area contributed by atoms with Crippen molar-refractivity contribution in [1.29, 1.82) is 0 Å². The molecule has 1 heterocycles. The molecule has 120 valence electrons. The van der Waals surface area contributed by atoms with E-state index in [1.165, 1.54) is 5.56 Å². The number of nitrogens with two attached hydrogens (primary N) is 2. The van der Waals surface area contributed by atoms with Crippen molar-refractivity contribution in [3.63, 3.8) is 0 Å². The molecular formula is C20H19N3O. The fourth-order valence-corrected chi connectivity index (χ4v) is 3.51. The molecule has 0 saturated carbocycles. The Bertz CT molecular complexity index is 934. The van der Waals surface area contributed by atoms with Gasteiger partial charge in [-0.1, -0.05) is 42.5 Å². The van der Waals surface area contributed by atoms with E-state index in [-0.39, 0.29) is 0 Å². The second-order valence-corrected chi connectivity index (χ2v) is 5.97. The quantitative estimate of drug-likeness (QED) is 0.756. The number of nitrogen functional groups attached to an aromatic ring is 2. The van der Waals surface area contributed by atoms with Crippen molar-refractivity contribution < 1.29 is 4.74 Å². The van der Waals surface area contributed by atoms with E-state index in [1.54, 1.807) is 7.11 Å². The molecule has 2 aromatic carbocycles. The lowest BCUT2D eigenvalue weighted by molar-refractivity contribution is 0.416. The number of pyridine rings is 1. The summed E-state index contributed by atoms with van der Waals surface area (Å²) in [7, 11) is 1.67. The Balaban J connectivity index is 2.05. The summed E-state index contributed by atoms with van der Waals surface area (Å²) in [5.74, 6) is 1.15. The van der Waals surface area contributed by atoms with Gasteiger partial charge in [0.2, 0.25) is 0 Å². The number of anilines is 2. The molecule has 0 aliphatic heterocycles. The molecule has 3 aromatic rings. The number of aromatic nitrogens is 1. The zero-order valence-electron chi connectivity index (χ0n) is 13.5. The van der Waals surface area contributed by atoms with Gasteiger partial charge in [-0.05, 0) is 30.0 Å². The molecule has 0 saturated heterocycles. The fraction of sp³-hybridized carbons (Fsp3) is 0.150. The lowest BCUT2D eigenvalue weighted by atomic mass is 9.84. The van der Waals surface area contributed by atoms with Crippen molar-refractivity contribution in [3.05, 3.63) is 59.7 Å². The Kier molecular flexibility index (Phi) is 3.38. The van der Waals surface area contributed by atoms with Crippen LogP contribution in [0.25, 0.3) is 22.4 Å². The van der Waals surface area contributed by atoms with Crippen LogP contribution in [-0.4, -0.2) is 12.1 Å². The minimum atomic E-state index is 0.367. The number of para-hydroxylation sites is 1. The molecular weight excluding hydrogens is 298 g/mol. The maximum atomic E-state index is 6.34. The highest BCUT2D eigenvalue weighted by atomic mass is 16.5. The second-order valence-electron chi connectivity index (χ2n) is 5.97. The molecule has 24 heavy (non-hydrogen) atoms. The predicted molar refractivity (Wildman–Crippen MR) is 97.9 cm³/mol. The van der Waals surface area contributed by atoms with Crippen LogP contribution in [0.5, 0.6) is 5.75 Å². The molecule has 1 aliphatic carbocycles. The van der Waals surface area contributed by atoms with Crippen LogP contribution in [0.3, 0.4) is 0 Å². The molecule has 0 atom stereocenters. The van der Waals surface area contributed by atoms with Crippen molar-refractivity contribution in [2.75, 3.05) is 18.6 Å². The van der Waals surface area contributed by atoms with Gasteiger partial charge in [-0.3, -0.25) is 0 Å². The van der Waals surface area contributed by atoms with Crippen LogP contribution in [0.15, 0.2) is 48.5 Å². The lowest BCUT2D eigenvalue weighted by Crippen LogP contribution is -2.12. The van der Waals surface area contributed by atoms with E-state index in [9.17, 15) is 0 Å². The molecule has 4 heteroatoms. The van der Waals surface area contributed by atoms with Crippen LogP contribution >= 0.6 is 0 Å². The SMILES string of the molecule is COc1ccccc1-c1c(N)c(N)nc2c1CCc1ccccc1-2. The number of hydrogen-bond acceptors (Lipinski definition) is 4. The van der Waals surface area contributed by atoms with Crippen molar-refractivity contribution in [3.8, 4) is 28.1 Å². The molecule has 4 N–H and O–H groups in total.